The molecule has 138 valence electrons. The first-order chi connectivity index (χ1) is 13.2. The van der Waals surface area contributed by atoms with Gasteiger partial charge in [-0.2, -0.15) is 4.98 Å². The van der Waals surface area contributed by atoms with Crippen molar-refractivity contribution in [2.45, 2.75) is 12.7 Å². The fourth-order valence-corrected chi connectivity index (χ4v) is 2.61. The number of fused-ring (bicyclic) bond motifs is 1. The number of rotatable bonds is 5. The van der Waals surface area contributed by atoms with Crippen LogP contribution in [0, 0.1) is 0 Å². The first-order valence-corrected chi connectivity index (χ1v) is 8.25. The van der Waals surface area contributed by atoms with Gasteiger partial charge in [0.2, 0.25) is 11.9 Å². The SMILES string of the molecule is COc1ccccc1-c1noc(COC(=O)[C@@H]2COc3ccccc3O2)n1. The van der Waals surface area contributed by atoms with Crippen LogP contribution in [0.1, 0.15) is 5.89 Å². The van der Waals surface area contributed by atoms with Crippen LogP contribution in [-0.2, 0) is 16.1 Å². The summed E-state index contributed by atoms with van der Waals surface area (Å²) in [6, 6.07) is 14.4. The summed E-state index contributed by atoms with van der Waals surface area (Å²) >= 11 is 0. The number of carbonyl (C=O) groups is 1. The first-order valence-electron chi connectivity index (χ1n) is 8.25. The molecular weight excluding hydrogens is 352 g/mol. The summed E-state index contributed by atoms with van der Waals surface area (Å²) in [7, 11) is 1.56. The summed E-state index contributed by atoms with van der Waals surface area (Å²) < 4.78 is 26.8. The van der Waals surface area contributed by atoms with Crippen molar-refractivity contribution in [1.82, 2.24) is 10.1 Å². The topological polar surface area (TPSA) is 92.9 Å². The Hall–Kier alpha value is -3.55. The Kier molecular flexibility index (Phi) is 4.61. The minimum Gasteiger partial charge on any atom is -0.496 e. The highest BCUT2D eigenvalue weighted by atomic mass is 16.6. The van der Waals surface area contributed by atoms with Gasteiger partial charge in [-0.3, -0.25) is 0 Å². The van der Waals surface area contributed by atoms with Crippen LogP contribution in [0.3, 0.4) is 0 Å². The Balaban J connectivity index is 1.38. The monoisotopic (exact) mass is 368 g/mol. The van der Waals surface area contributed by atoms with E-state index in [4.69, 9.17) is 23.5 Å². The standard InChI is InChI=1S/C19H16N2O6/c1-23-13-7-3-2-6-12(13)18-20-17(27-21-18)11-25-19(22)16-10-24-14-8-4-5-9-15(14)26-16/h2-9,16H,10-11H2,1H3/t16-/m0/s1. The molecule has 0 saturated heterocycles. The summed E-state index contributed by atoms with van der Waals surface area (Å²) in [6.45, 7) is -0.0887. The van der Waals surface area contributed by atoms with Crippen molar-refractivity contribution >= 4 is 5.97 Å². The van der Waals surface area contributed by atoms with Crippen LogP contribution in [0.25, 0.3) is 11.4 Å². The molecule has 27 heavy (non-hydrogen) atoms. The molecular formula is C19H16N2O6. The predicted molar refractivity (Wildman–Crippen MR) is 92.4 cm³/mol. The van der Waals surface area contributed by atoms with Gasteiger partial charge in [-0.15, -0.1) is 0 Å². The van der Waals surface area contributed by atoms with E-state index in [1.807, 2.05) is 24.3 Å². The number of hydrogen-bond acceptors (Lipinski definition) is 8. The third kappa shape index (κ3) is 3.55. The molecule has 2 aromatic carbocycles. The van der Waals surface area contributed by atoms with Crippen LogP contribution in [0.4, 0.5) is 0 Å². The molecule has 0 radical (unpaired) electrons. The number of carbonyl (C=O) groups excluding carboxylic acids is 1. The maximum atomic E-state index is 12.2. The Morgan fingerprint density at radius 3 is 2.78 bits per heavy atom. The summed E-state index contributed by atoms with van der Waals surface area (Å²) in [4.78, 5) is 16.5. The van der Waals surface area contributed by atoms with Gasteiger partial charge < -0.3 is 23.5 Å². The van der Waals surface area contributed by atoms with Crippen molar-refractivity contribution in [1.29, 1.82) is 0 Å². The Bertz CT molecular complexity index is 955. The molecule has 4 rings (SSSR count). The van der Waals surface area contributed by atoms with Crippen LogP contribution >= 0.6 is 0 Å². The number of benzene rings is 2. The summed E-state index contributed by atoms with van der Waals surface area (Å²) in [6.07, 6.45) is -0.850. The lowest BCUT2D eigenvalue weighted by atomic mass is 10.2. The number of hydrogen-bond donors (Lipinski definition) is 0. The van der Waals surface area contributed by atoms with Gasteiger partial charge in [0.1, 0.15) is 12.4 Å². The van der Waals surface area contributed by atoms with Crippen LogP contribution < -0.4 is 14.2 Å². The Labute approximate surface area is 154 Å². The van der Waals surface area contributed by atoms with Crippen LogP contribution in [0.2, 0.25) is 0 Å². The molecule has 0 spiro atoms. The lowest BCUT2D eigenvalue weighted by Gasteiger charge is -2.24. The second-order valence-corrected chi connectivity index (χ2v) is 5.68. The fraction of sp³-hybridized carbons (Fsp3) is 0.211. The zero-order chi connectivity index (χ0) is 18.6. The second kappa shape index (κ2) is 7.36. The number of aromatic nitrogens is 2. The normalized spacial score (nSPS) is 15.2. The summed E-state index contributed by atoms with van der Waals surface area (Å²) in [5.41, 5.74) is 0.682. The molecule has 3 aromatic rings. The number of esters is 1. The van der Waals surface area contributed by atoms with Gasteiger partial charge in [0.15, 0.2) is 18.1 Å². The molecule has 0 N–H and O–H groups in total. The van der Waals surface area contributed by atoms with Crippen molar-refractivity contribution in [3.63, 3.8) is 0 Å². The number of para-hydroxylation sites is 3. The maximum Gasteiger partial charge on any atom is 0.351 e. The number of methoxy groups -OCH3 is 1. The lowest BCUT2D eigenvalue weighted by Crippen LogP contribution is -2.37. The smallest absolute Gasteiger partial charge is 0.351 e. The van der Waals surface area contributed by atoms with Gasteiger partial charge in [-0.05, 0) is 24.3 Å². The molecule has 0 saturated carbocycles. The average molecular weight is 368 g/mol. The molecule has 1 atom stereocenters. The van der Waals surface area contributed by atoms with Gasteiger partial charge in [-0.25, -0.2) is 4.79 Å². The number of nitrogens with zero attached hydrogens (tertiary/aromatic N) is 2. The third-order valence-electron chi connectivity index (χ3n) is 3.93. The van der Waals surface area contributed by atoms with E-state index >= 15 is 0 Å². The van der Waals surface area contributed by atoms with E-state index < -0.39 is 12.1 Å². The summed E-state index contributed by atoms with van der Waals surface area (Å²) in [5, 5.41) is 3.90. The Morgan fingerprint density at radius 2 is 1.93 bits per heavy atom. The van der Waals surface area contributed by atoms with Crippen LogP contribution in [0.5, 0.6) is 17.2 Å². The molecule has 1 aliphatic heterocycles. The highest BCUT2D eigenvalue weighted by Crippen LogP contribution is 2.31. The first kappa shape index (κ1) is 16.9. The lowest BCUT2D eigenvalue weighted by molar-refractivity contribution is -0.156. The van der Waals surface area contributed by atoms with Crippen LogP contribution in [-0.4, -0.2) is 35.9 Å². The molecule has 0 aliphatic carbocycles. The van der Waals surface area contributed by atoms with Crippen LogP contribution in [0.15, 0.2) is 53.1 Å². The molecule has 0 bridgehead atoms. The average Bonchev–Trinajstić information content (AvgIpc) is 3.20. The van der Waals surface area contributed by atoms with E-state index in [1.165, 1.54) is 0 Å². The highest BCUT2D eigenvalue weighted by molar-refractivity contribution is 5.76. The molecule has 8 nitrogen and oxygen atoms in total. The zero-order valence-electron chi connectivity index (χ0n) is 14.5. The molecule has 0 unspecified atom stereocenters. The highest BCUT2D eigenvalue weighted by Gasteiger charge is 2.29. The maximum absolute atomic E-state index is 12.2. The predicted octanol–water partition coefficient (Wildman–Crippen LogP) is 2.63. The van der Waals surface area contributed by atoms with E-state index in [0.717, 1.165) is 0 Å². The molecule has 2 heterocycles. The van der Waals surface area contributed by atoms with Gasteiger partial charge in [0.05, 0.1) is 12.7 Å². The van der Waals surface area contributed by atoms with Crippen molar-refractivity contribution < 1.29 is 28.3 Å². The quantitative estimate of drug-likeness (QED) is 0.635. The molecule has 8 heteroatoms. The van der Waals surface area contributed by atoms with E-state index in [0.29, 0.717) is 28.6 Å². The van der Waals surface area contributed by atoms with E-state index in [1.54, 1.807) is 31.4 Å². The van der Waals surface area contributed by atoms with Gasteiger partial charge in [0, 0.05) is 0 Å². The third-order valence-corrected chi connectivity index (χ3v) is 3.93. The van der Waals surface area contributed by atoms with Crippen molar-refractivity contribution in [2.24, 2.45) is 0 Å². The molecule has 0 amide bonds. The largest absolute Gasteiger partial charge is 0.496 e. The summed E-state index contributed by atoms with van der Waals surface area (Å²) in [5.74, 6) is 1.67. The van der Waals surface area contributed by atoms with Gasteiger partial charge in [0.25, 0.3) is 5.89 Å². The van der Waals surface area contributed by atoms with E-state index in [-0.39, 0.29) is 19.1 Å². The number of ether oxygens (including phenoxy) is 4. The van der Waals surface area contributed by atoms with E-state index in [2.05, 4.69) is 10.1 Å². The van der Waals surface area contributed by atoms with E-state index in [9.17, 15) is 4.79 Å². The second-order valence-electron chi connectivity index (χ2n) is 5.68. The van der Waals surface area contributed by atoms with Gasteiger partial charge >= 0.3 is 5.97 Å². The molecule has 1 aliphatic rings. The Morgan fingerprint density at radius 1 is 1.15 bits per heavy atom. The minimum atomic E-state index is -0.850. The minimum absolute atomic E-state index is 0.0755. The molecule has 0 fully saturated rings. The van der Waals surface area contributed by atoms with Crippen molar-refractivity contribution in [2.75, 3.05) is 13.7 Å². The molecule has 1 aromatic heterocycles. The van der Waals surface area contributed by atoms with Gasteiger partial charge in [-0.1, -0.05) is 29.4 Å². The fourth-order valence-electron chi connectivity index (χ4n) is 2.61. The van der Waals surface area contributed by atoms with Crippen molar-refractivity contribution in [3.05, 3.63) is 54.4 Å². The van der Waals surface area contributed by atoms with Crippen molar-refractivity contribution in [3.8, 4) is 28.6 Å². The zero-order valence-corrected chi connectivity index (χ0v) is 14.5.